The van der Waals surface area contributed by atoms with E-state index < -0.39 is 0 Å². The van der Waals surface area contributed by atoms with Crippen molar-refractivity contribution in [1.82, 2.24) is 5.32 Å². The number of ether oxygens (including phenoxy) is 1. The van der Waals surface area contributed by atoms with E-state index in [-0.39, 0.29) is 6.09 Å². The first-order chi connectivity index (χ1) is 6.84. The first-order valence-electron chi connectivity index (χ1n) is 4.82. The maximum absolute atomic E-state index is 11.1. The molecule has 74 valence electrons. The first-order valence-corrected chi connectivity index (χ1v) is 4.82. The van der Waals surface area contributed by atoms with Crippen molar-refractivity contribution in [3.8, 4) is 0 Å². The largest absolute Gasteiger partial charge is 0.445 e. The predicted octanol–water partition coefficient (Wildman–Crippen LogP) is 2.08. The van der Waals surface area contributed by atoms with E-state index in [0.717, 1.165) is 18.4 Å². The minimum atomic E-state index is -0.309. The van der Waals surface area contributed by atoms with E-state index in [9.17, 15) is 4.79 Å². The lowest BCUT2D eigenvalue weighted by atomic mass is 10.2. The highest BCUT2D eigenvalue weighted by Crippen LogP contribution is 2.18. The van der Waals surface area contributed by atoms with Gasteiger partial charge in [0.2, 0.25) is 0 Å². The number of hydrogen-bond donors (Lipinski definition) is 1. The molecular weight excluding hydrogens is 178 g/mol. The summed E-state index contributed by atoms with van der Waals surface area (Å²) < 4.78 is 5.03. The van der Waals surface area contributed by atoms with Crippen LogP contribution in [0.4, 0.5) is 4.79 Å². The highest BCUT2D eigenvalue weighted by Gasteiger charge is 2.23. The van der Waals surface area contributed by atoms with E-state index in [0.29, 0.717) is 12.6 Å². The summed E-state index contributed by atoms with van der Waals surface area (Å²) in [4.78, 5) is 11.1. The van der Waals surface area contributed by atoms with Crippen LogP contribution in [0.2, 0.25) is 0 Å². The highest BCUT2D eigenvalue weighted by molar-refractivity contribution is 5.67. The summed E-state index contributed by atoms with van der Waals surface area (Å²) in [5.41, 5.74) is 1.01. The molecule has 1 aromatic carbocycles. The van der Waals surface area contributed by atoms with Crippen molar-refractivity contribution in [1.29, 1.82) is 0 Å². The Balaban J connectivity index is 1.73. The molecule has 0 aromatic heterocycles. The van der Waals surface area contributed by atoms with Crippen molar-refractivity contribution < 1.29 is 9.53 Å². The van der Waals surface area contributed by atoms with Crippen molar-refractivity contribution in [2.45, 2.75) is 25.5 Å². The molecule has 3 heteroatoms. The Labute approximate surface area is 83.1 Å². The molecule has 1 aliphatic rings. The number of alkyl carbamates (subject to hydrolysis) is 1. The van der Waals surface area contributed by atoms with Crippen LogP contribution < -0.4 is 5.32 Å². The second-order valence-corrected chi connectivity index (χ2v) is 3.48. The van der Waals surface area contributed by atoms with Crippen LogP contribution in [-0.4, -0.2) is 12.1 Å². The zero-order valence-electron chi connectivity index (χ0n) is 7.90. The van der Waals surface area contributed by atoms with Gasteiger partial charge in [-0.15, -0.1) is 0 Å². The third-order valence-electron chi connectivity index (χ3n) is 2.11. The van der Waals surface area contributed by atoms with E-state index in [1.165, 1.54) is 0 Å². The van der Waals surface area contributed by atoms with Crippen molar-refractivity contribution in [2.24, 2.45) is 0 Å². The fourth-order valence-electron chi connectivity index (χ4n) is 1.16. The van der Waals surface area contributed by atoms with Gasteiger partial charge in [-0.05, 0) is 18.4 Å². The third-order valence-corrected chi connectivity index (χ3v) is 2.11. The van der Waals surface area contributed by atoms with Gasteiger partial charge in [-0.1, -0.05) is 30.3 Å². The lowest BCUT2D eigenvalue weighted by Crippen LogP contribution is -2.25. The molecule has 0 aliphatic heterocycles. The summed E-state index contributed by atoms with van der Waals surface area (Å²) >= 11 is 0. The molecular formula is C11H13NO2. The molecule has 1 aliphatic carbocycles. The van der Waals surface area contributed by atoms with Gasteiger partial charge in [0.1, 0.15) is 6.61 Å². The smallest absolute Gasteiger partial charge is 0.407 e. The first kappa shape index (κ1) is 9.06. The van der Waals surface area contributed by atoms with Crippen LogP contribution in [0, 0.1) is 0 Å². The number of amides is 1. The van der Waals surface area contributed by atoms with E-state index in [1.807, 2.05) is 30.3 Å². The molecule has 0 heterocycles. The van der Waals surface area contributed by atoms with Gasteiger partial charge in [0, 0.05) is 6.04 Å². The average molecular weight is 191 g/mol. The summed E-state index contributed by atoms with van der Waals surface area (Å²) in [7, 11) is 0. The second kappa shape index (κ2) is 4.13. The number of carbonyl (C=O) groups is 1. The van der Waals surface area contributed by atoms with Crippen molar-refractivity contribution in [2.75, 3.05) is 0 Å². The maximum atomic E-state index is 11.1. The van der Waals surface area contributed by atoms with Gasteiger partial charge in [0.15, 0.2) is 0 Å². The Kier molecular flexibility index (Phi) is 2.68. The van der Waals surface area contributed by atoms with Gasteiger partial charge in [-0.25, -0.2) is 4.79 Å². The summed E-state index contributed by atoms with van der Waals surface area (Å²) in [6.45, 7) is 0.347. The van der Waals surface area contributed by atoms with E-state index in [2.05, 4.69) is 5.32 Å². The lowest BCUT2D eigenvalue weighted by Gasteiger charge is -2.05. The fraction of sp³-hybridized carbons (Fsp3) is 0.364. The zero-order chi connectivity index (χ0) is 9.80. The molecule has 1 amide bonds. The predicted molar refractivity (Wildman–Crippen MR) is 52.8 cm³/mol. The third kappa shape index (κ3) is 2.76. The summed E-state index contributed by atoms with van der Waals surface area (Å²) in [5, 5.41) is 2.76. The number of hydrogen-bond acceptors (Lipinski definition) is 2. The van der Waals surface area contributed by atoms with E-state index in [4.69, 9.17) is 4.74 Å². The zero-order valence-corrected chi connectivity index (χ0v) is 7.90. The van der Waals surface area contributed by atoms with Gasteiger partial charge >= 0.3 is 6.09 Å². The maximum Gasteiger partial charge on any atom is 0.407 e. The summed E-state index contributed by atoms with van der Waals surface area (Å²) in [6, 6.07) is 10.0. The Bertz CT molecular complexity index is 306. The molecule has 0 saturated heterocycles. The van der Waals surface area contributed by atoms with E-state index in [1.54, 1.807) is 0 Å². The minimum absolute atomic E-state index is 0.309. The standard InChI is InChI=1S/C11H13NO2/c13-11(12-10-6-7-10)14-8-9-4-2-1-3-5-9/h1-5,10H,6-8H2,(H,12,13). The molecule has 1 saturated carbocycles. The van der Waals surface area contributed by atoms with Crippen LogP contribution in [0.1, 0.15) is 18.4 Å². The van der Waals surface area contributed by atoms with Crippen LogP contribution in [0.25, 0.3) is 0 Å². The number of nitrogens with one attached hydrogen (secondary N) is 1. The van der Waals surface area contributed by atoms with Gasteiger partial charge in [-0.2, -0.15) is 0 Å². The minimum Gasteiger partial charge on any atom is -0.445 e. The molecule has 1 N–H and O–H groups in total. The Morgan fingerprint density at radius 1 is 1.36 bits per heavy atom. The molecule has 14 heavy (non-hydrogen) atoms. The SMILES string of the molecule is O=C(NC1CC1)OCc1ccccc1. The normalized spacial score (nSPS) is 14.9. The summed E-state index contributed by atoms with van der Waals surface area (Å²) in [5.74, 6) is 0. The molecule has 1 fully saturated rings. The number of rotatable bonds is 3. The molecule has 1 aromatic rings. The molecule has 0 bridgehead atoms. The fourth-order valence-corrected chi connectivity index (χ4v) is 1.16. The molecule has 0 atom stereocenters. The lowest BCUT2D eigenvalue weighted by molar-refractivity contribution is 0.139. The van der Waals surface area contributed by atoms with Crippen LogP contribution in [-0.2, 0) is 11.3 Å². The van der Waals surface area contributed by atoms with E-state index >= 15 is 0 Å². The quantitative estimate of drug-likeness (QED) is 0.794. The van der Waals surface area contributed by atoms with Crippen LogP contribution in [0.5, 0.6) is 0 Å². The molecule has 3 nitrogen and oxygen atoms in total. The Hall–Kier alpha value is -1.51. The Morgan fingerprint density at radius 2 is 2.07 bits per heavy atom. The van der Waals surface area contributed by atoms with Gasteiger partial charge in [-0.3, -0.25) is 0 Å². The topological polar surface area (TPSA) is 38.3 Å². The number of carbonyl (C=O) groups excluding carboxylic acids is 1. The van der Waals surface area contributed by atoms with Crippen molar-refractivity contribution in [3.63, 3.8) is 0 Å². The monoisotopic (exact) mass is 191 g/mol. The average Bonchev–Trinajstić information content (AvgIpc) is 3.00. The Morgan fingerprint density at radius 3 is 2.71 bits per heavy atom. The van der Waals surface area contributed by atoms with Crippen LogP contribution in [0.3, 0.4) is 0 Å². The molecule has 0 unspecified atom stereocenters. The van der Waals surface area contributed by atoms with Crippen LogP contribution in [0.15, 0.2) is 30.3 Å². The van der Waals surface area contributed by atoms with Gasteiger partial charge in [0.05, 0.1) is 0 Å². The molecule has 2 rings (SSSR count). The molecule has 0 radical (unpaired) electrons. The summed E-state index contributed by atoms with van der Waals surface area (Å²) in [6.07, 6.45) is 1.86. The number of benzene rings is 1. The van der Waals surface area contributed by atoms with Crippen molar-refractivity contribution >= 4 is 6.09 Å². The highest BCUT2D eigenvalue weighted by atomic mass is 16.5. The van der Waals surface area contributed by atoms with Gasteiger partial charge in [0.25, 0.3) is 0 Å². The van der Waals surface area contributed by atoms with Crippen molar-refractivity contribution in [3.05, 3.63) is 35.9 Å². The second-order valence-electron chi connectivity index (χ2n) is 3.48. The van der Waals surface area contributed by atoms with Crippen LogP contribution >= 0.6 is 0 Å². The van der Waals surface area contributed by atoms with Gasteiger partial charge < -0.3 is 10.1 Å². The molecule has 0 spiro atoms.